The molecule has 0 bridgehead atoms. The second-order valence-corrected chi connectivity index (χ2v) is 4.66. The summed E-state index contributed by atoms with van der Waals surface area (Å²) in [6.45, 7) is 4.56. The normalized spacial score (nSPS) is 18.4. The predicted molar refractivity (Wildman–Crippen MR) is 65.6 cm³/mol. The van der Waals surface area contributed by atoms with Crippen LogP contribution >= 0.6 is 0 Å². The lowest BCUT2D eigenvalue weighted by molar-refractivity contribution is -0.119. The summed E-state index contributed by atoms with van der Waals surface area (Å²) in [6.07, 6.45) is 0.936. The van der Waals surface area contributed by atoms with Crippen LogP contribution in [0.15, 0.2) is 18.2 Å². The molecular formula is C13H15N3O. The molecular weight excluding hydrogens is 214 g/mol. The van der Waals surface area contributed by atoms with Crippen molar-refractivity contribution in [3.8, 4) is 0 Å². The summed E-state index contributed by atoms with van der Waals surface area (Å²) >= 11 is 0. The highest BCUT2D eigenvalue weighted by atomic mass is 16.1. The van der Waals surface area contributed by atoms with Gasteiger partial charge in [-0.25, -0.2) is 4.98 Å². The first-order valence-electron chi connectivity index (χ1n) is 5.89. The van der Waals surface area contributed by atoms with Crippen molar-refractivity contribution in [2.75, 3.05) is 0 Å². The van der Waals surface area contributed by atoms with Crippen molar-refractivity contribution in [1.29, 1.82) is 0 Å². The zero-order valence-electron chi connectivity index (χ0n) is 10.0. The van der Waals surface area contributed by atoms with Gasteiger partial charge in [-0.3, -0.25) is 4.79 Å². The molecule has 2 heterocycles. The molecule has 1 atom stereocenters. The largest absolute Gasteiger partial charge is 0.346 e. The molecule has 1 aromatic heterocycles. The van der Waals surface area contributed by atoms with E-state index in [9.17, 15) is 4.79 Å². The van der Waals surface area contributed by atoms with Crippen molar-refractivity contribution in [3.05, 3.63) is 29.6 Å². The third-order valence-electron chi connectivity index (χ3n) is 3.26. The van der Waals surface area contributed by atoms with Gasteiger partial charge >= 0.3 is 0 Å². The van der Waals surface area contributed by atoms with Gasteiger partial charge in [0.25, 0.3) is 0 Å². The number of hydrogen-bond acceptors (Lipinski definition) is 2. The van der Waals surface area contributed by atoms with Gasteiger partial charge in [-0.2, -0.15) is 0 Å². The highest BCUT2D eigenvalue weighted by Crippen LogP contribution is 2.30. The van der Waals surface area contributed by atoms with Crippen molar-refractivity contribution in [1.82, 2.24) is 14.9 Å². The van der Waals surface area contributed by atoms with Crippen LogP contribution in [0.5, 0.6) is 0 Å². The van der Waals surface area contributed by atoms with Crippen LogP contribution in [0.3, 0.4) is 0 Å². The fraction of sp³-hybridized carbons (Fsp3) is 0.385. The number of nitrogens with one attached hydrogen (secondary N) is 1. The molecule has 0 unspecified atom stereocenters. The predicted octanol–water partition coefficient (Wildman–Crippen LogP) is 1.93. The molecule has 2 aromatic rings. The van der Waals surface area contributed by atoms with Gasteiger partial charge in [0.2, 0.25) is 5.91 Å². The average Bonchev–Trinajstić information content (AvgIpc) is 2.78. The fourth-order valence-corrected chi connectivity index (χ4v) is 2.52. The summed E-state index contributed by atoms with van der Waals surface area (Å²) in [6, 6.07) is 6.33. The van der Waals surface area contributed by atoms with Gasteiger partial charge in [0.1, 0.15) is 5.82 Å². The second kappa shape index (κ2) is 3.58. The van der Waals surface area contributed by atoms with E-state index in [1.807, 2.05) is 6.07 Å². The maximum Gasteiger partial charge on any atom is 0.217 e. The summed E-state index contributed by atoms with van der Waals surface area (Å²) in [7, 11) is 0. The Hall–Kier alpha value is -1.84. The van der Waals surface area contributed by atoms with Gasteiger partial charge in [0.15, 0.2) is 0 Å². The molecule has 1 aliphatic rings. The number of carbonyl (C=O) groups excluding carboxylic acids is 1. The van der Waals surface area contributed by atoms with Crippen LogP contribution in [0.25, 0.3) is 11.0 Å². The first-order chi connectivity index (χ1) is 8.15. The summed E-state index contributed by atoms with van der Waals surface area (Å²) in [4.78, 5) is 15.7. The molecule has 1 aromatic carbocycles. The molecule has 3 rings (SSSR count). The quantitative estimate of drug-likeness (QED) is 0.812. The highest BCUT2D eigenvalue weighted by molar-refractivity contribution is 5.78. The van der Waals surface area contributed by atoms with Gasteiger partial charge in [0, 0.05) is 13.5 Å². The molecule has 0 fully saturated rings. The molecule has 17 heavy (non-hydrogen) atoms. The van der Waals surface area contributed by atoms with Crippen molar-refractivity contribution >= 4 is 16.9 Å². The third kappa shape index (κ3) is 1.60. The van der Waals surface area contributed by atoms with Crippen molar-refractivity contribution in [2.45, 2.75) is 32.9 Å². The lowest BCUT2D eigenvalue weighted by Gasteiger charge is -2.07. The van der Waals surface area contributed by atoms with E-state index < -0.39 is 0 Å². The SMILES string of the molecule is CC(=O)N[C@@H]1CCn2c1nc1ccc(C)cc12. The smallest absolute Gasteiger partial charge is 0.217 e. The number of aryl methyl sites for hydroxylation is 2. The van der Waals surface area contributed by atoms with Crippen LogP contribution in [0.4, 0.5) is 0 Å². The van der Waals surface area contributed by atoms with E-state index in [4.69, 9.17) is 0 Å². The standard InChI is InChI=1S/C13H15N3O/c1-8-3-4-10-12(7-8)16-6-5-11(13(16)15-10)14-9(2)17/h3-4,7,11H,5-6H2,1-2H3,(H,14,17)/t11-/m1/s1. The average molecular weight is 229 g/mol. The molecule has 88 valence electrons. The van der Waals surface area contributed by atoms with E-state index in [-0.39, 0.29) is 11.9 Å². The van der Waals surface area contributed by atoms with Crippen LogP contribution in [0.2, 0.25) is 0 Å². The zero-order chi connectivity index (χ0) is 12.0. The summed E-state index contributed by atoms with van der Waals surface area (Å²) < 4.78 is 2.21. The number of benzene rings is 1. The van der Waals surface area contributed by atoms with Crippen molar-refractivity contribution < 1.29 is 4.79 Å². The van der Waals surface area contributed by atoms with Gasteiger partial charge in [-0.05, 0) is 31.0 Å². The maximum atomic E-state index is 11.1. The van der Waals surface area contributed by atoms with E-state index in [1.54, 1.807) is 6.92 Å². The molecule has 1 N–H and O–H groups in total. The Morgan fingerprint density at radius 1 is 1.53 bits per heavy atom. The van der Waals surface area contributed by atoms with Gasteiger partial charge in [-0.15, -0.1) is 0 Å². The number of fused-ring (bicyclic) bond motifs is 3. The Morgan fingerprint density at radius 2 is 2.35 bits per heavy atom. The summed E-state index contributed by atoms with van der Waals surface area (Å²) in [5.74, 6) is 0.993. The number of nitrogens with zero attached hydrogens (tertiary/aromatic N) is 2. The van der Waals surface area contributed by atoms with Crippen LogP contribution in [-0.4, -0.2) is 15.5 Å². The lowest BCUT2D eigenvalue weighted by Crippen LogP contribution is -2.24. The number of imidazole rings is 1. The Bertz CT molecular complexity index is 600. The summed E-state index contributed by atoms with van der Waals surface area (Å²) in [5, 5.41) is 2.95. The van der Waals surface area contributed by atoms with Crippen LogP contribution < -0.4 is 5.32 Å². The molecule has 4 nitrogen and oxygen atoms in total. The topological polar surface area (TPSA) is 46.9 Å². The van der Waals surface area contributed by atoms with E-state index in [2.05, 4.69) is 33.9 Å². The van der Waals surface area contributed by atoms with Crippen LogP contribution in [-0.2, 0) is 11.3 Å². The summed E-state index contributed by atoms with van der Waals surface area (Å²) in [5.41, 5.74) is 3.43. The highest BCUT2D eigenvalue weighted by Gasteiger charge is 2.26. The van der Waals surface area contributed by atoms with Crippen molar-refractivity contribution in [3.63, 3.8) is 0 Å². The molecule has 0 saturated carbocycles. The Kier molecular flexibility index (Phi) is 2.18. The maximum absolute atomic E-state index is 11.1. The van der Waals surface area contributed by atoms with Gasteiger partial charge in [0.05, 0.1) is 17.1 Å². The Balaban J connectivity index is 2.10. The number of hydrogen-bond donors (Lipinski definition) is 1. The molecule has 0 radical (unpaired) electrons. The minimum atomic E-state index is 0.00619. The lowest BCUT2D eigenvalue weighted by atomic mass is 10.2. The third-order valence-corrected chi connectivity index (χ3v) is 3.26. The molecule has 1 aliphatic heterocycles. The Morgan fingerprint density at radius 3 is 3.12 bits per heavy atom. The molecule has 1 amide bonds. The number of carbonyl (C=O) groups is 1. The van der Waals surface area contributed by atoms with Crippen LogP contribution in [0, 0.1) is 6.92 Å². The fourth-order valence-electron chi connectivity index (χ4n) is 2.52. The number of rotatable bonds is 1. The molecule has 0 spiro atoms. The monoisotopic (exact) mass is 229 g/mol. The van der Waals surface area contributed by atoms with E-state index in [0.29, 0.717) is 0 Å². The molecule has 0 saturated heterocycles. The number of aromatic nitrogens is 2. The first-order valence-corrected chi connectivity index (χ1v) is 5.89. The number of amides is 1. The van der Waals surface area contributed by atoms with Crippen LogP contribution in [0.1, 0.15) is 30.8 Å². The minimum Gasteiger partial charge on any atom is -0.346 e. The van der Waals surface area contributed by atoms with Gasteiger partial charge < -0.3 is 9.88 Å². The molecule has 4 heteroatoms. The Labute approximate surface area is 99.6 Å². The zero-order valence-corrected chi connectivity index (χ0v) is 10.0. The first kappa shape index (κ1) is 10.3. The van der Waals surface area contributed by atoms with E-state index in [1.165, 1.54) is 11.1 Å². The van der Waals surface area contributed by atoms with Gasteiger partial charge in [-0.1, -0.05) is 6.07 Å². The van der Waals surface area contributed by atoms with E-state index in [0.717, 1.165) is 24.3 Å². The van der Waals surface area contributed by atoms with E-state index >= 15 is 0 Å². The minimum absolute atomic E-state index is 0.00619. The van der Waals surface area contributed by atoms with Crippen molar-refractivity contribution in [2.24, 2.45) is 0 Å². The molecule has 0 aliphatic carbocycles. The second-order valence-electron chi connectivity index (χ2n) is 4.66.